The normalized spacial score (nSPS) is 12.8. The number of benzene rings is 3. The molecule has 0 unspecified atom stereocenters. The van der Waals surface area contributed by atoms with E-state index in [2.05, 4.69) is 5.32 Å². The van der Waals surface area contributed by atoms with E-state index in [4.69, 9.17) is 9.47 Å². The topological polar surface area (TPSA) is 67.9 Å². The van der Waals surface area contributed by atoms with E-state index in [0.717, 1.165) is 10.6 Å². The van der Waals surface area contributed by atoms with Gasteiger partial charge in [-0.2, -0.15) is 0 Å². The molecule has 31 heavy (non-hydrogen) atoms. The molecule has 0 bridgehead atoms. The third kappa shape index (κ3) is 5.00. The van der Waals surface area contributed by atoms with Crippen molar-refractivity contribution in [3.63, 3.8) is 0 Å². The molecule has 0 spiro atoms. The predicted octanol–water partition coefficient (Wildman–Crippen LogP) is 4.96. The Kier molecular flexibility index (Phi) is 6.43. The van der Waals surface area contributed by atoms with Gasteiger partial charge in [0.05, 0.1) is 18.6 Å². The summed E-state index contributed by atoms with van der Waals surface area (Å²) in [5.41, 5.74) is 1.53. The van der Waals surface area contributed by atoms with Crippen molar-refractivity contribution in [2.45, 2.75) is 11.3 Å². The summed E-state index contributed by atoms with van der Waals surface area (Å²) in [7, 11) is 1.59. The molecular formula is C24H22N2O4S. The number of nitrogens with one attached hydrogen (secondary N) is 1. The first-order valence-electron chi connectivity index (χ1n) is 9.87. The molecule has 3 aromatic carbocycles. The fraction of sp³-hybridized carbons (Fsp3) is 0.167. The summed E-state index contributed by atoms with van der Waals surface area (Å²) in [6, 6.07) is 22.3. The van der Waals surface area contributed by atoms with Crippen LogP contribution in [0, 0.1) is 0 Å². The molecule has 1 heterocycles. The van der Waals surface area contributed by atoms with Gasteiger partial charge in [-0.3, -0.25) is 9.59 Å². The van der Waals surface area contributed by atoms with Gasteiger partial charge in [0, 0.05) is 23.5 Å². The van der Waals surface area contributed by atoms with Crippen LogP contribution in [-0.4, -0.2) is 31.2 Å². The molecule has 0 aromatic heterocycles. The average Bonchev–Trinajstić information content (AvgIpc) is 2.80. The first kappa shape index (κ1) is 20.8. The van der Waals surface area contributed by atoms with Crippen LogP contribution < -0.4 is 19.7 Å². The number of carbonyl (C=O) groups is 2. The van der Waals surface area contributed by atoms with Crippen molar-refractivity contribution in [2.75, 3.05) is 29.6 Å². The monoisotopic (exact) mass is 434 g/mol. The molecule has 0 saturated heterocycles. The van der Waals surface area contributed by atoms with E-state index in [0.29, 0.717) is 35.2 Å². The van der Waals surface area contributed by atoms with Crippen LogP contribution in [0.2, 0.25) is 0 Å². The number of para-hydroxylation sites is 3. The lowest BCUT2D eigenvalue weighted by Crippen LogP contribution is -2.37. The number of rotatable bonds is 7. The maximum atomic E-state index is 12.4. The van der Waals surface area contributed by atoms with Gasteiger partial charge in [0.2, 0.25) is 11.8 Å². The lowest BCUT2D eigenvalue weighted by Gasteiger charge is -2.28. The van der Waals surface area contributed by atoms with Crippen LogP contribution in [0.25, 0.3) is 0 Å². The van der Waals surface area contributed by atoms with Gasteiger partial charge in [-0.05, 0) is 48.5 Å². The van der Waals surface area contributed by atoms with Gasteiger partial charge in [0.25, 0.3) is 0 Å². The molecule has 0 aliphatic carbocycles. The molecule has 0 atom stereocenters. The van der Waals surface area contributed by atoms with E-state index in [1.54, 1.807) is 36.3 Å². The summed E-state index contributed by atoms with van der Waals surface area (Å²) >= 11 is 1.53. The molecule has 158 valence electrons. The largest absolute Gasteiger partial charge is 0.493 e. The highest BCUT2D eigenvalue weighted by Crippen LogP contribution is 2.35. The minimum absolute atomic E-state index is 0.0225. The molecule has 2 amide bonds. The lowest BCUT2D eigenvalue weighted by atomic mass is 10.2. The summed E-state index contributed by atoms with van der Waals surface area (Å²) in [5, 5.41) is 2.87. The van der Waals surface area contributed by atoms with E-state index in [1.807, 2.05) is 48.5 Å². The minimum atomic E-state index is -0.151. The van der Waals surface area contributed by atoms with Crippen LogP contribution >= 0.6 is 11.8 Å². The molecular weight excluding hydrogens is 412 g/mol. The van der Waals surface area contributed by atoms with E-state index in [1.165, 1.54) is 11.8 Å². The second kappa shape index (κ2) is 9.57. The number of amides is 2. The highest BCUT2D eigenvalue weighted by molar-refractivity contribution is 8.00. The maximum Gasteiger partial charge on any atom is 0.237 e. The molecule has 0 saturated carbocycles. The molecule has 6 nitrogen and oxygen atoms in total. The second-order valence-corrected chi connectivity index (χ2v) is 7.89. The Bertz CT molecular complexity index is 1080. The van der Waals surface area contributed by atoms with Crippen molar-refractivity contribution in [3.05, 3.63) is 72.8 Å². The van der Waals surface area contributed by atoms with E-state index in [-0.39, 0.29) is 18.2 Å². The maximum absolute atomic E-state index is 12.4. The average molecular weight is 435 g/mol. The number of carbonyl (C=O) groups excluding carboxylic acids is 2. The van der Waals surface area contributed by atoms with Crippen molar-refractivity contribution in [3.8, 4) is 17.2 Å². The second-order valence-electron chi connectivity index (χ2n) is 6.88. The number of hydrogen-bond donors (Lipinski definition) is 1. The smallest absolute Gasteiger partial charge is 0.237 e. The summed E-state index contributed by atoms with van der Waals surface area (Å²) < 4.78 is 11.1. The van der Waals surface area contributed by atoms with E-state index >= 15 is 0 Å². The van der Waals surface area contributed by atoms with Gasteiger partial charge in [0.15, 0.2) is 11.5 Å². The highest BCUT2D eigenvalue weighted by Gasteiger charge is 2.24. The number of hydrogen-bond acceptors (Lipinski definition) is 5. The highest BCUT2D eigenvalue weighted by atomic mass is 32.2. The summed E-state index contributed by atoms with van der Waals surface area (Å²) in [6.07, 6.45) is 0.213. The molecule has 1 aliphatic heterocycles. The van der Waals surface area contributed by atoms with Crippen molar-refractivity contribution < 1.29 is 19.1 Å². The lowest BCUT2D eigenvalue weighted by molar-refractivity contribution is -0.117. The van der Waals surface area contributed by atoms with Gasteiger partial charge >= 0.3 is 0 Å². The van der Waals surface area contributed by atoms with Gasteiger partial charge in [-0.1, -0.05) is 24.3 Å². The zero-order valence-electron chi connectivity index (χ0n) is 17.0. The molecule has 4 rings (SSSR count). The summed E-state index contributed by atoms with van der Waals surface area (Å²) in [6.45, 7) is 0.344. The van der Waals surface area contributed by atoms with Crippen molar-refractivity contribution in [1.29, 1.82) is 0 Å². The number of nitrogens with zero attached hydrogens (tertiary/aromatic N) is 1. The van der Waals surface area contributed by atoms with Gasteiger partial charge in [-0.25, -0.2) is 0 Å². The fourth-order valence-electron chi connectivity index (χ4n) is 3.27. The number of anilines is 2. The molecule has 7 heteroatoms. The van der Waals surface area contributed by atoms with Crippen molar-refractivity contribution in [1.82, 2.24) is 0 Å². The zero-order valence-corrected chi connectivity index (χ0v) is 17.9. The number of ether oxygens (including phenoxy) is 2. The number of methoxy groups -OCH3 is 1. The van der Waals surface area contributed by atoms with Crippen LogP contribution in [0.5, 0.6) is 17.2 Å². The Hall–Kier alpha value is -3.45. The molecule has 0 radical (unpaired) electrons. The molecule has 1 N–H and O–H groups in total. The van der Waals surface area contributed by atoms with Crippen molar-refractivity contribution in [2.24, 2.45) is 0 Å². The summed E-state index contributed by atoms with van der Waals surface area (Å²) in [5.74, 6) is 2.16. The Morgan fingerprint density at radius 2 is 1.71 bits per heavy atom. The molecule has 0 fully saturated rings. The Labute approximate surface area is 185 Å². The third-order valence-corrected chi connectivity index (χ3v) is 5.85. The molecule has 3 aromatic rings. The zero-order chi connectivity index (χ0) is 21.6. The van der Waals surface area contributed by atoms with E-state index < -0.39 is 0 Å². The Morgan fingerprint density at radius 3 is 2.48 bits per heavy atom. The van der Waals surface area contributed by atoms with Gasteiger partial charge in [-0.15, -0.1) is 11.8 Å². The van der Waals surface area contributed by atoms with Gasteiger partial charge < -0.3 is 19.7 Å². The van der Waals surface area contributed by atoms with Gasteiger partial charge in [0.1, 0.15) is 5.75 Å². The SMILES string of the molecule is COc1ccccc1Oc1ccc(NC(=O)CCN2C(=O)CSc3ccccc32)cc1. The number of thioether (sulfide) groups is 1. The van der Waals surface area contributed by atoms with Crippen molar-refractivity contribution >= 4 is 35.0 Å². The minimum Gasteiger partial charge on any atom is -0.493 e. The van der Waals surface area contributed by atoms with Crippen LogP contribution in [-0.2, 0) is 9.59 Å². The van der Waals surface area contributed by atoms with Crippen LogP contribution in [0.3, 0.4) is 0 Å². The first-order valence-corrected chi connectivity index (χ1v) is 10.9. The predicted molar refractivity (Wildman–Crippen MR) is 122 cm³/mol. The quantitative estimate of drug-likeness (QED) is 0.570. The fourth-order valence-corrected chi connectivity index (χ4v) is 4.21. The Morgan fingerprint density at radius 1 is 1.00 bits per heavy atom. The number of fused-ring (bicyclic) bond motifs is 1. The van der Waals surface area contributed by atoms with Crippen LogP contribution in [0.1, 0.15) is 6.42 Å². The van der Waals surface area contributed by atoms with Crippen LogP contribution in [0.4, 0.5) is 11.4 Å². The van der Waals surface area contributed by atoms with Crippen LogP contribution in [0.15, 0.2) is 77.7 Å². The Balaban J connectivity index is 1.34. The summed E-state index contributed by atoms with van der Waals surface area (Å²) in [4.78, 5) is 27.5. The van der Waals surface area contributed by atoms with E-state index in [9.17, 15) is 9.59 Å². The molecule has 1 aliphatic rings. The third-order valence-electron chi connectivity index (χ3n) is 4.81. The first-order chi connectivity index (χ1) is 15.1. The standard InChI is InChI=1S/C24H22N2O4S/c1-29-20-7-3-4-8-21(20)30-18-12-10-17(11-13-18)25-23(27)14-15-26-19-6-2-5-9-22(19)31-16-24(26)28/h2-13H,14-16H2,1H3,(H,25,27).